The summed E-state index contributed by atoms with van der Waals surface area (Å²) in [5.74, 6) is 0.637. The molecule has 210 valence electrons. The maximum Gasteiger partial charge on any atom is 0.292 e. The van der Waals surface area contributed by atoms with Crippen molar-refractivity contribution in [2.45, 2.75) is 65.5 Å². The maximum absolute atomic E-state index is 13.3. The van der Waals surface area contributed by atoms with E-state index in [9.17, 15) is 10.2 Å². The summed E-state index contributed by atoms with van der Waals surface area (Å²) in [4.78, 5) is 9.06. The van der Waals surface area contributed by atoms with E-state index in [4.69, 9.17) is 0 Å². The first-order valence-corrected chi connectivity index (χ1v) is 14.2. The average Bonchev–Trinajstić information content (AvgIpc) is 3.52. The number of rotatable bonds is 13. The SMILES string of the molecule is CCCCn1cc[n+](C)c1C([O-])=Nc1ccccc1CCc1ccccc1N=C([O-])c1n(CCCC)cc[n+]1C. The van der Waals surface area contributed by atoms with E-state index in [2.05, 4.69) is 23.8 Å². The molecule has 2 heterocycles. The van der Waals surface area contributed by atoms with Gasteiger partial charge in [0.15, 0.2) is 0 Å². The molecule has 0 aliphatic rings. The molecule has 0 bridgehead atoms. The van der Waals surface area contributed by atoms with E-state index in [1.807, 2.05) is 106 Å². The van der Waals surface area contributed by atoms with Gasteiger partial charge in [-0.3, -0.25) is 9.98 Å². The molecule has 4 aromatic rings. The van der Waals surface area contributed by atoms with E-state index in [0.29, 0.717) is 35.9 Å². The third kappa shape index (κ3) is 6.86. The van der Waals surface area contributed by atoms with Crippen molar-refractivity contribution in [1.82, 2.24) is 9.13 Å². The first-order valence-electron chi connectivity index (χ1n) is 14.2. The predicted octanol–water partition coefficient (Wildman–Crippen LogP) is 3.20. The normalized spacial score (nSPS) is 12.3. The molecule has 4 rings (SSSR count). The Morgan fingerprint density at radius 1 is 0.675 bits per heavy atom. The van der Waals surface area contributed by atoms with E-state index >= 15 is 0 Å². The van der Waals surface area contributed by atoms with Crippen LogP contribution >= 0.6 is 0 Å². The Hall–Kier alpha value is -4.20. The van der Waals surface area contributed by atoms with Crippen molar-refractivity contribution in [3.63, 3.8) is 0 Å². The second-order valence-corrected chi connectivity index (χ2v) is 10.2. The number of hydrogen-bond acceptors (Lipinski definition) is 4. The number of benzene rings is 2. The molecule has 0 amide bonds. The minimum absolute atomic E-state index is 0.254. The fourth-order valence-corrected chi connectivity index (χ4v) is 4.86. The van der Waals surface area contributed by atoms with Gasteiger partial charge < -0.3 is 10.2 Å². The van der Waals surface area contributed by atoms with Gasteiger partial charge in [-0.25, -0.2) is 18.3 Å². The summed E-state index contributed by atoms with van der Waals surface area (Å²) in [6.45, 7) is 5.85. The Morgan fingerprint density at radius 3 is 1.48 bits per heavy atom. The average molecular weight is 541 g/mol. The first kappa shape index (κ1) is 28.8. The van der Waals surface area contributed by atoms with Crippen LogP contribution in [0.25, 0.3) is 0 Å². The number of unbranched alkanes of at least 4 members (excludes halogenated alkanes) is 2. The zero-order chi connectivity index (χ0) is 28.5. The fourth-order valence-electron chi connectivity index (χ4n) is 4.86. The van der Waals surface area contributed by atoms with Gasteiger partial charge >= 0.3 is 0 Å². The van der Waals surface area contributed by atoms with Crippen LogP contribution in [-0.2, 0) is 40.0 Å². The van der Waals surface area contributed by atoms with E-state index < -0.39 is 0 Å². The largest absolute Gasteiger partial charge is 0.853 e. The van der Waals surface area contributed by atoms with Crippen LogP contribution in [0.3, 0.4) is 0 Å². The highest BCUT2D eigenvalue weighted by Gasteiger charge is 2.17. The lowest BCUT2D eigenvalue weighted by Crippen LogP contribution is -2.40. The van der Waals surface area contributed by atoms with Gasteiger partial charge in [-0.2, -0.15) is 0 Å². The zero-order valence-corrected chi connectivity index (χ0v) is 24.1. The van der Waals surface area contributed by atoms with Crippen LogP contribution in [-0.4, -0.2) is 20.9 Å². The van der Waals surface area contributed by atoms with Crippen LogP contribution in [0.2, 0.25) is 0 Å². The van der Waals surface area contributed by atoms with Gasteiger partial charge in [0.25, 0.3) is 11.6 Å². The molecule has 0 unspecified atom stereocenters. The summed E-state index contributed by atoms with van der Waals surface area (Å²) in [6.07, 6.45) is 13.1. The Labute approximate surface area is 237 Å². The van der Waals surface area contributed by atoms with Crippen LogP contribution in [0.1, 0.15) is 62.3 Å². The van der Waals surface area contributed by atoms with Crippen molar-refractivity contribution >= 4 is 23.2 Å². The molecule has 0 atom stereocenters. The lowest BCUT2D eigenvalue weighted by atomic mass is 10.0. The summed E-state index contributed by atoms with van der Waals surface area (Å²) >= 11 is 0. The van der Waals surface area contributed by atoms with E-state index in [1.165, 1.54) is 0 Å². The molecule has 8 nitrogen and oxygen atoms in total. The van der Waals surface area contributed by atoms with Gasteiger partial charge in [-0.15, -0.1) is 0 Å². The molecule has 0 saturated carbocycles. The van der Waals surface area contributed by atoms with Gasteiger partial charge in [0.1, 0.15) is 24.8 Å². The van der Waals surface area contributed by atoms with Crippen molar-refractivity contribution in [2.24, 2.45) is 24.1 Å². The topological polar surface area (TPSA) is 88.5 Å². The van der Waals surface area contributed by atoms with Gasteiger partial charge in [0.2, 0.25) is 0 Å². The lowest BCUT2D eigenvalue weighted by Gasteiger charge is -2.13. The molecule has 0 saturated heterocycles. The Bertz CT molecular complexity index is 1370. The van der Waals surface area contributed by atoms with Crippen molar-refractivity contribution in [3.05, 3.63) is 96.1 Å². The fraction of sp³-hybridized carbons (Fsp3) is 0.375. The van der Waals surface area contributed by atoms with Crippen molar-refractivity contribution < 1.29 is 19.3 Å². The smallest absolute Gasteiger partial charge is 0.292 e. The van der Waals surface area contributed by atoms with E-state index in [0.717, 1.165) is 49.9 Å². The molecular weight excluding hydrogens is 500 g/mol. The van der Waals surface area contributed by atoms with Crippen LogP contribution < -0.4 is 19.3 Å². The summed E-state index contributed by atoms with van der Waals surface area (Å²) in [5.41, 5.74) is 3.29. The Morgan fingerprint density at radius 2 is 1.07 bits per heavy atom. The van der Waals surface area contributed by atoms with E-state index in [-0.39, 0.29) is 11.8 Å². The van der Waals surface area contributed by atoms with Crippen LogP contribution in [0.15, 0.2) is 83.3 Å². The molecule has 40 heavy (non-hydrogen) atoms. The molecule has 0 spiro atoms. The number of hydrogen-bond donors (Lipinski definition) is 0. The highest BCUT2D eigenvalue weighted by atomic mass is 16.3. The molecule has 8 heteroatoms. The van der Waals surface area contributed by atoms with Crippen LogP contribution in [0.4, 0.5) is 11.4 Å². The van der Waals surface area contributed by atoms with Gasteiger partial charge in [-0.05, 0) is 48.9 Å². The molecule has 0 aliphatic heterocycles. The Kier molecular flexibility index (Phi) is 9.89. The number of imidazole rings is 2. The first-order chi connectivity index (χ1) is 19.4. The monoisotopic (exact) mass is 540 g/mol. The zero-order valence-electron chi connectivity index (χ0n) is 24.1. The molecule has 0 N–H and O–H groups in total. The standard InChI is InChI=1S/C32H40N6O2/c1-5-7-19-37-23-21-35(3)31(37)29(39)33-27-15-11-9-13-25(27)17-18-26-14-10-12-16-28(26)34-30(40)32-36(4)22-24-38(32)20-8-6-2/h9-16,21-24H,5-8,17-20H2,1-4H3. The summed E-state index contributed by atoms with van der Waals surface area (Å²) in [5, 5.41) is 26.5. The highest BCUT2D eigenvalue weighted by molar-refractivity contribution is 5.88. The third-order valence-corrected chi connectivity index (χ3v) is 7.13. The molecule has 0 aliphatic carbocycles. The summed E-state index contributed by atoms with van der Waals surface area (Å²) < 4.78 is 7.62. The summed E-state index contributed by atoms with van der Waals surface area (Å²) in [6, 6.07) is 15.5. The van der Waals surface area contributed by atoms with E-state index in [1.54, 1.807) is 0 Å². The Balaban J connectivity index is 1.57. The van der Waals surface area contributed by atoms with Crippen molar-refractivity contribution in [2.75, 3.05) is 0 Å². The van der Waals surface area contributed by atoms with Gasteiger partial charge in [0, 0.05) is 0 Å². The number of nitrogens with zero attached hydrogens (tertiary/aromatic N) is 6. The lowest BCUT2D eigenvalue weighted by molar-refractivity contribution is -0.674. The third-order valence-electron chi connectivity index (χ3n) is 7.13. The number of aryl methyl sites for hydroxylation is 6. The number of aliphatic imine (C=N–C) groups is 2. The van der Waals surface area contributed by atoms with Crippen LogP contribution in [0.5, 0.6) is 0 Å². The van der Waals surface area contributed by atoms with Crippen molar-refractivity contribution in [1.29, 1.82) is 0 Å². The number of para-hydroxylation sites is 2. The second kappa shape index (κ2) is 13.7. The quantitative estimate of drug-likeness (QED) is 0.148. The number of aromatic nitrogens is 4. The van der Waals surface area contributed by atoms with Crippen LogP contribution in [0, 0.1) is 0 Å². The van der Waals surface area contributed by atoms with Crippen molar-refractivity contribution in [3.8, 4) is 0 Å². The highest BCUT2D eigenvalue weighted by Crippen LogP contribution is 2.25. The minimum atomic E-state index is -0.254. The van der Waals surface area contributed by atoms with Gasteiger partial charge in [-0.1, -0.05) is 63.1 Å². The van der Waals surface area contributed by atoms with Gasteiger partial charge in [0.05, 0.1) is 50.4 Å². The molecular formula is C32H40N6O2. The molecule has 2 aromatic carbocycles. The second-order valence-electron chi connectivity index (χ2n) is 10.2. The molecule has 2 aromatic heterocycles. The maximum atomic E-state index is 13.3. The predicted molar refractivity (Wildman–Crippen MR) is 154 cm³/mol. The molecule has 0 fully saturated rings. The summed E-state index contributed by atoms with van der Waals surface area (Å²) in [7, 11) is 3.75. The minimum Gasteiger partial charge on any atom is -0.853 e. The molecule has 0 radical (unpaired) electrons.